The Morgan fingerprint density at radius 1 is 1.23 bits per heavy atom. The number of thioether (sulfide) groups is 1. The van der Waals surface area contributed by atoms with Crippen LogP contribution in [0.5, 0.6) is 0 Å². The van der Waals surface area contributed by atoms with Gasteiger partial charge in [-0.15, -0.1) is 11.8 Å². The quantitative estimate of drug-likeness (QED) is 0.224. The van der Waals surface area contributed by atoms with Crippen molar-refractivity contribution in [2.45, 2.75) is 37.5 Å². The third-order valence-corrected chi connectivity index (χ3v) is 6.20. The zero-order chi connectivity index (χ0) is 22.5. The summed E-state index contributed by atoms with van der Waals surface area (Å²) in [5.41, 5.74) is 0.909. The lowest BCUT2D eigenvalue weighted by molar-refractivity contribution is -0.384. The van der Waals surface area contributed by atoms with Crippen LogP contribution in [0, 0.1) is 10.1 Å². The van der Waals surface area contributed by atoms with E-state index in [4.69, 9.17) is 4.74 Å². The predicted octanol–water partition coefficient (Wildman–Crippen LogP) is 4.42. The molecule has 0 spiro atoms. The Bertz CT molecular complexity index is 1200. The van der Waals surface area contributed by atoms with Crippen LogP contribution in [0.3, 0.4) is 0 Å². The minimum absolute atomic E-state index is 0.0758. The lowest BCUT2D eigenvalue weighted by atomic mass is 10.2. The number of hydrogen-bond donors (Lipinski definition) is 0. The van der Waals surface area contributed by atoms with Crippen LogP contribution >= 0.6 is 23.1 Å². The molecular formula is C21H21N3O5S2. The molecule has 1 aromatic heterocycles. The highest BCUT2D eigenvalue weighted by Gasteiger charge is 2.16. The number of esters is 1. The minimum atomic E-state index is -0.493. The Labute approximate surface area is 186 Å². The topological polar surface area (TPSA) is 104 Å². The van der Waals surface area contributed by atoms with Gasteiger partial charge in [0.2, 0.25) is 0 Å². The number of rotatable bonds is 7. The largest absolute Gasteiger partial charge is 0.465 e. The van der Waals surface area contributed by atoms with E-state index in [1.54, 1.807) is 41.5 Å². The van der Waals surface area contributed by atoms with Crippen LogP contribution in [-0.2, 0) is 16.1 Å². The van der Waals surface area contributed by atoms with E-state index in [1.165, 1.54) is 12.1 Å². The summed E-state index contributed by atoms with van der Waals surface area (Å²) in [5.74, 6) is -0.940. The first-order valence-electron chi connectivity index (χ1n) is 9.57. The normalized spacial score (nSPS) is 11.8. The average Bonchev–Trinajstić information content (AvgIpc) is 3.04. The van der Waals surface area contributed by atoms with Crippen LogP contribution in [0.15, 0.2) is 52.4 Å². The van der Waals surface area contributed by atoms with Gasteiger partial charge in [-0.2, -0.15) is 4.99 Å². The van der Waals surface area contributed by atoms with Crippen LogP contribution in [0.1, 0.15) is 31.1 Å². The molecule has 8 nitrogen and oxygen atoms in total. The van der Waals surface area contributed by atoms with Crippen molar-refractivity contribution in [1.29, 1.82) is 0 Å². The highest BCUT2D eigenvalue weighted by molar-refractivity contribution is 7.99. The molecule has 0 radical (unpaired) electrons. The SMILES string of the molecule is CCOC(=O)Cn1c(=NC(=O)c2ccc(SC(C)C)cc2)sc2cc([N+](=O)[O-])ccc21. The van der Waals surface area contributed by atoms with E-state index >= 15 is 0 Å². The number of thiazole rings is 1. The molecule has 0 fully saturated rings. The second-order valence-corrected chi connectivity index (χ2v) is 9.45. The summed E-state index contributed by atoms with van der Waals surface area (Å²) in [6.45, 7) is 5.95. The molecule has 162 valence electrons. The van der Waals surface area contributed by atoms with Gasteiger partial charge in [0.1, 0.15) is 6.54 Å². The summed E-state index contributed by atoms with van der Waals surface area (Å²) in [6, 6.07) is 11.5. The van der Waals surface area contributed by atoms with Crippen molar-refractivity contribution in [3.8, 4) is 0 Å². The lowest BCUT2D eigenvalue weighted by Crippen LogP contribution is -2.23. The Balaban J connectivity index is 2.03. The number of nitro groups is 1. The monoisotopic (exact) mass is 459 g/mol. The summed E-state index contributed by atoms with van der Waals surface area (Å²) in [6.07, 6.45) is 0. The number of non-ortho nitro benzene ring substituents is 1. The maximum Gasteiger partial charge on any atom is 0.326 e. The third-order valence-electron chi connectivity index (χ3n) is 4.14. The van der Waals surface area contributed by atoms with Crippen molar-refractivity contribution in [2.75, 3.05) is 6.61 Å². The first kappa shape index (κ1) is 22.7. The molecule has 0 saturated heterocycles. The molecule has 0 N–H and O–H groups in total. The van der Waals surface area contributed by atoms with Crippen LogP contribution < -0.4 is 4.80 Å². The van der Waals surface area contributed by atoms with Gasteiger partial charge < -0.3 is 9.30 Å². The highest BCUT2D eigenvalue weighted by Crippen LogP contribution is 2.24. The number of nitro benzene ring substituents is 1. The van der Waals surface area contributed by atoms with E-state index < -0.39 is 16.8 Å². The molecule has 0 aliphatic carbocycles. The second-order valence-electron chi connectivity index (χ2n) is 6.79. The van der Waals surface area contributed by atoms with E-state index in [1.807, 2.05) is 12.1 Å². The molecule has 3 aromatic rings. The van der Waals surface area contributed by atoms with Crippen LogP contribution in [0.4, 0.5) is 5.69 Å². The zero-order valence-electron chi connectivity index (χ0n) is 17.2. The van der Waals surface area contributed by atoms with Gasteiger partial charge in [0.15, 0.2) is 4.80 Å². The summed E-state index contributed by atoms with van der Waals surface area (Å²) < 4.78 is 7.12. The van der Waals surface area contributed by atoms with E-state index in [9.17, 15) is 19.7 Å². The maximum absolute atomic E-state index is 12.8. The molecule has 0 atom stereocenters. The predicted molar refractivity (Wildman–Crippen MR) is 120 cm³/mol. The van der Waals surface area contributed by atoms with Gasteiger partial charge in [-0.1, -0.05) is 25.2 Å². The standard InChI is InChI=1S/C21H21N3O5S2/c1-4-29-19(25)12-23-17-10-7-15(24(27)28)11-18(17)31-21(23)22-20(26)14-5-8-16(9-6-14)30-13(2)3/h5-11,13H,4,12H2,1-3H3. The molecule has 2 aromatic carbocycles. The summed E-state index contributed by atoms with van der Waals surface area (Å²) in [7, 11) is 0. The molecular weight excluding hydrogens is 438 g/mol. The lowest BCUT2D eigenvalue weighted by Gasteiger charge is -2.06. The van der Waals surface area contributed by atoms with Gasteiger partial charge >= 0.3 is 5.97 Å². The van der Waals surface area contributed by atoms with Crippen molar-refractivity contribution in [3.05, 3.63) is 62.9 Å². The molecule has 1 heterocycles. The number of hydrogen-bond acceptors (Lipinski definition) is 7. The molecule has 0 aliphatic rings. The van der Waals surface area contributed by atoms with E-state index in [2.05, 4.69) is 18.8 Å². The molecule has 0 aliphatic heterocycles. The van der Waals surface area contributed by atoms with E-state index in [-0.39, 0.29) is 23.6 Å². The Morgan fingerprint density at radius 3 is 2.55 bits per heavy atom. The van der Waals surface area contributed by atoms with Gasteiger partial charge in [-0.3, -0.25) is 19.7 Å². The average molecular weight is 460 g/mol. The molecule has 31 heavy (non-hydrogen) atoms. The van der Waals surface area contributed by atoms with Crippen molar-refractivity contribution in [2.24, 2.45) is 4.99 Å². The fraction of sp³-hybridized carbons (Fsp3) is 0.286. The first-order valence-corrected chi connectivity index (χ1v) is 11.3. The van der Waals surface area contributed by atoms with Crippen LogP contribution in [0.2, 0.25) is 0 Å². The van der Waals surface area contributed by atoms with Gasteiger partial charge in [0.25, 0.3) is 11.6 Å². The number of aromatic nitrogens is 1. The number of carbonyl (C=O) groups excluding carboxylic acids is 2. The number of benzene rings is 2. The molecule has 10 heteroatoms. The zero-order valence-corrected chi connectivity index (χ0v) is 18.9. The fourth-order valence-electron chi connectivity index (χ4n) is 2.85. The summed E-state index contributed by atoms with van der Waals surface area (Å²) in [5, 5.41) is 11.5. The maximum atomic E-state index is 12.8. The summed E-state index contributed by atoms with van der Waals surface area (Å²) in [4.78, 5) is 41.0. The van der Waals surface area contributed by atoms with Crippen molar-refractivity contribution in [3.63, 3.8) is 0 Å². The highest BCUT2D eigenvalue weighted by atomic mass is 32.2. The molecule has 0 saturated carbocycles. The number of ether oxygens (including phenoxy) is 1. The van der Waals surface area contributed by atoms with Gasteiger partial charge in [0, 0.05) is 27.8 Å². The number of amides is 1. The van der Waals surface area contributed by atoms with E-state index in [0.29, 0.717) is 21.0 Å². The number of fused-ring (bicyclic) bond motifs is 1. The van der Waals surface area contributed by atoms with Crippen molar-refractivity contribution >= 4 is 50.9 Å². The second kappa shape index (κ2) is 9.88. The Hall–Kier alpha value is -2.98. The van der Waals surface area contributed by atoms with Gasteiger partial charge in [-0.25, -0.2) is 0 Å². The number of carbonyl (C=O) groups is 2. The molecule has 3 rings (SSSR count). The Morgan fingerprint density at radius 2 is 1.94 bits per heavy atom. The van der Waals surface area contributed by atoms with E-state index in [0.717, 1.165) is 16.2 Å². The Kier molecular flexibility index (Phi) is 7.24. The van der Waals surface area contributed by atoms with Crippen molar-refractivity contribution < 1.29 is 19.2 Å². The smallest absolute Gasteiger partial charge is 0.326 e. The van der Waals surface area contributed by atoms with Crippen LogP contribution in [0.25, 0.3) is 10.2 Å². The first-order chi connectivity index (χ1) is 14.8. The van der Waals surface area contributed by atoms with Crippen molar-refractivity contribution in [1.82, 2.24) is 4.57 Å². The van der Waals surface area contributed by atoms with Gasteiger partial charge in [-0.05, 0) is 37.3 Å². The number of nitrogens with zero attached hydrogens (tertiary/aromatic N) is 3. The molecule has 1 amide bonds. The minimum Gasteiger partial charge on any atom is -0.465 e. The third kappa shape index (κ3) is 5.59. The van der Waals surface area contributed by atoms with Gasteiger partial charge in [0.05, 0.1) is 21.7 Å². The molecule has 0 unspecified atom stereocenters. The molecule has 0 bridgehead atoms. The summed E-state index contributed by atoms with van der Waals surface area (Å²) >= 11 is 2.80. The van der Waals surface area contributed by atoms with Crippen LogP contribution in [-0.4, -0.2) is 33.2 Å². The fourth-order valence-corrected chi connectivity index (χ4v) is 4.75.